The Morgan fingerprint density at radius 1 is 1.24 bits per heavy atom. The van der Waals surface area contributed by atoms with E-state index in [1.165, 1.54) is 23.5 Å². The standard InChI is InChI=1S/C20H17ClF2NO3PS/c1-11(7-12-3-5-16(22)17(23)8-12)24-20(25)19(28(2,26)27)15-10-29-18-6-4-13(21)9-14(15)18/h3-10,19H,1-2H3,(H,24,25)(H,26,27)/b11-7+. The minimum absolute atomic E-state index is 0.317. The van der Waals surface area contributed by atoms with Gasteiger partial charge in [0.2, 0.25) is 13.3 Å². The lowest BCUT2D eigenvalue weighted by atomic mass is 10.1. The molecular formula is C20H17ClF2NO3PS. The maximum atomic E-state index is 13.4. The van der Waals surface area contributed by atoms with Crippen LogP contribution < -0.4 is 5.32 Å². The van der Waals surface area contributed by atoms with Crippen LogP contribution in [0.25, 0.3) is 16.2 Å². The Kier molecular flexibility index (Phi) is 6.24. The Morgan fingerprint density at radius 2 is 1.97 bits per heavy atom. The van der Waals surface area contributed by atoms with Crippen molar-refractivity contribution in [3.8, 4) is 0 Å². The molecule has 1 aromatic heterocycles. The third-order valence-corrected chi connectivity index (χ3v) is 6.92. The monoisotopic (exact) mass is 455 g/mol. The highest BCUT2D eigenvalue weighted by atomic mass is 35.5. The summed E-state index contributed by atoms with van der Waals surface area (Å²) in [4.78, 5) is 23.2. The van der Waals surface area contributed by atoms with Crippen molar-refractivity contribution < 1.29 is 23.0 Å². The predicted octanol–water partition coefficient (Wildman–Crippen LogP) is 5.95. The number of allylic oxidation sites excluding steroid dienone is 1. The number of nitrogens with one attached hydrogen (secondary N) is 1. The molecule has 152 valence electrons. The third-order valence-electron chi connectivity index (χ3n) is 4.23. The van der Waals surface area contributed by atoms with Gasteiger partial charge in [-0.15, -0.1) is 11.3 Å². The summed E-state index contributed by atoms with van der Waals surface area (Å²) in [5.41, 5.74) is -0.228. The molecule has 2 unspecified atom stereocenters. The van der Waals surface area contributed by atoms with E-state index in [-0.39, 0.29) is 0 Å². The first-order chi connectivity index (χ1) is 13.6. The SMILES string of the molecule is C/C(=C\c1ccc(F)c(F)c1)NC(=O)C(c1csc2ccc(Cl)cc12)P(C)(=O)O. The zero-order valence-corrected chi connectivity index (χ0v) is 17.9. The van der Waals surface area contributed by atoms with Gasteiger partial charge >= 0.3 is 0 Å². The van der Waals surface area contributed by atoms with Crippen LogP contribution in [0.15, 0.2) is 47.5 Å². The highest BCUT2D eigenvalue weighted by Crippen LogP contribution is 2.54. The second-order valence-electron chi connectivity index (χ2n) is 6.67. The van der Waals surface area contributed by atoms with Crippen LogP contribution >= 0.6 is 30.3 Å². The van der Waals surface area contributed by atoms with E-state index in [9.17, 15) is 23.0 Å². The Hall–Kier alpha value is -2.05. The van der Waals surface area contributed by atoms with Crippen LogP contribution in [-0.2, 0) is 9.36 Å². The van der Waals surface area contributed by atoms with Gasteiger partial charge in [0.05, 0.1) is 0 Å². The summed E-state index contributed by atoms with van der Waals surface area (Å²) < 4.78 is 39.8. The molecule has 2 N–H and O–H groups in total. The molecule has 0 spiro atoms. The first-order valence-corrected chi connectivity index (χ1v) is 11.9. The summed E-state index contributed by atoms with van der Waals surface area (Å²) in [5.74, 6) is -2.65. The fourth-order valence-electron chi connectivity index (χ4n) is 3.00. The largest absolute Gasteiger partial charge is 0.344 e. The van der Waals surface area contributed by atoms with E-state index in [1.54, 1.807) is 30.5 Å². The van der Waals surface area contributed by atoms with Gasteiger partial charge in [-0.3, -0.25) is 9.36 Å². The topological polar surface area (TPSA) is 66.4 Å². The molecule has 1 heterocycles. The highest BCUT2D eigenvalue weighted by Gasteiger charge is 2.36. The van der Waals surface area contributed by atoms with Crippen molar-refractivity contribution in [1.82, 2.24) is 5.32 Å². The lowest BCUT2D eigenvalue weighted by Crippen LogP contribution is -2.27. The number of carbonyl (C=O) groups excluding carboxylic acids is 1. The van der Waals surface area contributed by atoms with E-state index in [2.05, 4.69) is 5.32 Å². The summed E-state index contributed by atoms with van der Waals surface area (Å²) in [5, 5.41) is 5.35. The Labute approximate surface area is 175 Å². The Morgan fingerprint density at radius 3 is 2.62 bits per heavy atom. The molecule has 0 radical (unpaired) electrons. The molecule has 29 heavy (non-hydrogen) atoms. The van der Waals surface area contributed by atoms with Crippen molar-refractivity contribution in [3.63, 3.8) is 0 Å². The molecular weight excluding hydrogens is 439 g/mol. The van der Waals surface area contributed by atoms with Crippen LogP contribution in [0.1, 0.15) is 23.7 Å². The number of thiophene rings is 1. The van der Waals surface area contributed by atoms with Crippen molar-refractivity contribution in [2.24, 2.45) is 0 Å². The van der Waals surface area contributed by atoms with Gasteiger partial charge in [-0.2, -0.15) is 0 Å². The first-order valence-electron chi connectivity index (χ1n) is 8.47. The number of hydrogen-bond acceptors (Lipinski definition) is 3. The molecule has 0 fully saturated rings. The van der Waals surface area contributed by atoms with Crippen molar-refractivity contribution in [2.45, 2.75) is 12.6 Å². The number of carbonyl (C=O) groups is 1. The van der Waals surface area contributed by atoms with Gasteiger partial charge in [-0.1, -0.05) is 17.7 Å². The van der Waals surface area contributed by atoms with Gasteiger partial charge in [0, 0.05) is 22.1 Å². The van der Waals surface area contributed by atoms with Crippen LogP contribution in [0.3, 0.4) is 0 Å². The number of benzene rings is 2. The molecule has 3 rings (SSSR count). The number of halogens is 3. The number of hydrogen-bond donors (Lipinski definition) is 2. The Balaban J connectivity index is 1.94. The van der Waals surface area contributed by atoms with Crippen LogP contribution in [0, 0.1) is 11.6 Å². The Bertz CT molecular complexity index is 1170. The second kappa shape index (κ2) is 8.36. The van der Waals surface area contributed by atoms with Crippen LogP contribution in [-0.4, -0.2) is 17.5 Å². The van der Waals surface area contributed by atoms with Crippen LogP contribution in [0.2, 0.25) is 5.02 Å². The van der Waals surface area contributed by atoms with Gasteiger partial charge in [0.25, 0.3) is 0 Å². The molecule has 0 aliphatic heterocycles. The zero-order chi connectivity index (χ0) is 21.3. The van der Waals surface area contributed by atoms with Crippen molar-refractivity contribution in [1.29, 1.82) is 0 Å². The van der Waals surface area contributed by atoms with Crippen molar-refractivity contribution in [3.05, 3.63) is 75.3 Å². The molecule has 0 aliphatic carbocycles. The van der Waals surface area contributed by atoms with E-state index < -0.39 is 30.6 Å². The van der Waals surface area contributed by atoms with E-state index in [0.29, 0.717) is 27.2 Å². The molecule has 2 aromatic carbocycles. The van der Waals surface area contributed by atoms with Gasteiger partial charge < -0.3 is 10.2 Å². The normalized spacial score (nSPS) is 15.2. The highest BCUT2D eigenvalue weighted by molar-refractivity contribution is 7.58. The van der Waals surface area contributed by atoms with E-state index >= 15 is 0 Å². The first kappa shape index (κ1) is 21.7. The average Bonchev–Trinajstić information content (AvgIpc) is 2.99. The van der Waals surface area contributed by atoms with Gasteiger partial charge in [-0.25, -0.2) is 8.78 Å². The third kappa shape index (κ3) is 4.93. The number of fused-ring (bicyclic) bond motifs is 1. The summed E-state index contributed by atoms with van der Waals surface area (Å²) >= 11 is 7.40. The molecule has 3 aromatic rings. The minimum Gasteiger partial charge on any atom is -0.344 e. The maximum absolute atomic E-state index is 13.4. The van der Waals surface area contributed by atoms with E-state index in [1.807, 2.05) is 0 Å². The molecule has 0 aliphatic rings. The summed E-state index contributed by atoms with van der Waals surface area (Å²) in [6, 6.07) is 8.48. The van der Waals surface area contributed by atoms with Gasteiger partial charge in [-0.05, 0) is 65.2 Å². The fourth-order valence-corrected chi connectivity index (χ4v) is 5.47. The van der Waals surface area contributed by atoms with Crippen molar-refractivity contribution in [2.75, 3.05) is 6.66 Å². The maximum Gasteiger partial charge on any atom is 0.241 e. The number of rotatable bonds is 5. The lowest BCUT2D eigenvalue weighted by Gasteiger charge is -2.20. The predicted molar refractivity (Wildman–Crippen MR) is 113 cm³/mol. The minimum atomic E-state index is -3.88. The summed E-state index contributed by atoms with van der Waals surface area (Å²) in [7, 11) is -3.88. The molecule has 4 nitrogen and oxygen atoms in total. The molecule has 9 heteroatoms. The second-order valence-corrected chi connectivity index (χ2v) is 10.4. The molecule has 0 saturated heterocycles. The molecule has 0 bridgehead atoms. The molecule has 2 atom stereocenters. The summed E-state index contributed by atoms with van der Waals surface area (Å²) in [6.07, 6.45) is 1.44. The lowest BCUT2D eigenvalue weighted by molar-refractivity contribution is -0.120. The van der Waals surface area contributed by atoms with E-state index in [0.717, 1.165) is 23.5 Å². The van der Waals surface area contributed by atoms with Gasteiger partial charge in [0.1, 0.15) is 5.66 Å². The van der Waals surface area contributed by atoms with Crippen molar-refractivity contribution >= 4 is 52.4 Å². The molecule has 1 amide bonds. The quantitative estimate of drug-likeness (QED) is 0.467. The smallest absolute Gasteiger partial charge is 0.241 e. The average molecular weight is 456 g/mol. The zero-order valence-electron chi connectivity index (χ0n) is 15.4. The van der Waals surface area contributed by atoms with Gasteiger partial charge in [0.15, 0.2) is 11.6 Å². The molecule has 0 saturated carbocycles. The van der Waals surface area contributed by atoms with E-state index in [4.69, 9.17) is 11.6 Å². The number of amides is 1. The van der Waals surface area contributed by atoms with Crippen LogP contribution in [0.4, 0.5) is 8.78 Å². The summed E-state index contributed by atoms with van der Waals surface area (Å²) in [6.45, 7) is 2.68. The van der Waals surface area contributed by atoms with Crippen LogP contribution in [0.5, 0.6) is 0 Å². The fraction of sp³-hybridized carbons (Fsp3) is 0.150.